The molecule has 0 aliphatic carbocycles. The first-order valence-corrected chi connectivity index (χ1v) is 9.32. The van der Waals surface area contributed by atoms with E-state index in [-0.39, 0.29) is 30.5 Å². The third kappa shape index (κ3) is 2.66. The van der Waals surface area contributed by atoms with Gasteiger partial charge in [-0.3, -0.25) is 9.69 Å². The average molecular weight is 354 g/mol. The second-order valence-electron chi connectivity index (χ2n) is 7.43. The van der Waals surface area contributed by atoms with Gasteiger partial charge in [0.15, 0.2) is 0 Å². The van der Waals surface area contributed by atoms with Crippen LogP contribution in [-0.2, 0) is 16.0 Å². The molecule has 1 saturated heterocycles. The molecule has 2 N–H and O–H groups in total. The van der Waals surface area contributed by atoms with E-state index in [0.29, 0.717) is 0 Å². The number of esters is 1. The Balaban J connectivity index is 1.71. The number of nitrogens with one attached hydrogen (secondary N) is 1. The number of ether oxygens (including phenoxy) is 1. The largest absolute Gasteiger partial charge is 0.469 e. The van der Waals surface area contributed by atoms with Crippen molar-refractivity contribution >= 4 is 16.9 Å². The van der Waals surface area contributed by atoms with Crippen LogP contribution in [0.1, 0.15) is 23.7 Å². The molecular weight excluding hydrogens is 328 g/mol. The fourth-order valence-electron chi connectivity index (χ4n) is 4.94. The quantitative estimate of drug-likeness (QED) is 0.654. The van der Waals surface area contributed by atoms with Crippen molar-refractivity contribution in [3.63, 3.8) is 0 Å². The molecule has 5 nitrogen and oxygen atoms in total. The second-order valence-corrected chi connectivity index (χ2v) is 7.43. The van der Waals surface area contributed by atoms with Crippen molar-refractivity contribution in [2.45, 2.75) is 18.9 Å². The Labute approximate surface area is 153 Å². The minimum atomic E-state index is -0.500. The van der Waals surface area contributed by atoms with Crippen LogP contribution in [0, 0.1) is 17.8 Å². The first-order valence-electron chi connectivity index (χ1n) is 9.32. The van der Waals surface area contributed by atoms with Crippen molar-refractivity contribution in [1.82, 2.24) is 9.88 Å². The number of aliphatic hydroxyl groups excluding tert-OH is 1. The molecule has 0 amide bonds. The number of benzene rings is 1. The Morgan fingerprint density at radius 2 is 2.31 bits per heavy atom. The molecule has 3 heterocycles. The molecule has 2 aromatic rings. The molecular formula is C21H26N2O3. The van der Waals surface area contributed by atoms with Crippen LogP contribution in [0.2, 0.25) is 0 Å². The average Bonchev–Trinajstić information content (AvgIpc) is 3.07. The number of para-hydroxylation sites is 1. The molecule has 2 aliphatic rings. The Morgan fingerprint density at radius 3 is 3.04 bits per heavy atom. The predicted molar refractivity (Wildman–Crippen MR) is 101 cm³/mol. The maximum absolute atomic E-state index is 12.2. The smallest absolute Gasteiger partial charge is 0.311 e. The summed E-state index contributed by atoms with van der Waals surface area (Å²) in [5.41, 5.74) is 3.84. The highest BCUT2D eigenvalue weighted by atomic mass is 16.5. The number of methoxy groups -OCH3 is 1. The lowest BCUT2D eigenvalue weighted by molar-refractivity contribution is -0.151. The standard InChI is InChI=1S/C21H26N2O3/c1-3-13-11-23-9-8-15-14-6-4-5-7-18(14)22-20(15)19(23)10-16(13)17(12-24)21(25)26-2/h3-7,13,16-17,19,22,24H,1,8-12H2,2H3/t13?,16-,17-,19-/m0/s1. The van der Waals surface area contributed by atoms with Gasteiger partial charge in [0.2, 0.25) is 0 Å². The number of carbonyl (C=O) groups excluding carboxylic acids is 1. The van der Waals surface area contributed by atoms with Crippen LogP contribution in [0.15, 0.2) is 36.9 Å². The molecule has 2 aliphatic heterocycles. The van der Waals surface area contributed by atoms with Gasteiger partial charge >= 0.3 is 5.97 Å². The fourth-order valence-corrected chi connectivity index (χ4v) is 4.94. The third-order valence-corrected chi connectivity index (χ3v) is 6.28. The van der Waals surface area contributed by atoms with Crippen LogP contribution in [0.3, 0.4) is 0 Å². The molecule has 4 atom stereocenters. The number of fused-ring (bicyclic) bond motifs is 5. The van der Waals surface area contributed by atoms with Gasteiger partial charge < -0.3 is 14.8 Å². The Morgan fingerprint density at radius 1 is 1.50 bits per heavy atom. The van der Waals surface area contributed by atoms with Crippen molar-refractivity contribution in [2.75, 3.05) is 26.8 Å². The summed E-state index contributed by atoms with van der Waals surface area (Å²) in [6.07, 6.45) is 3.79. The highest BCUT2D eigenvalue weighted by Gasteiger charge is 2.43. The zero-order valence-corrected chi connectivity index (χ0v) is 15.1. The number of carbonyl (C=O) groups is 1. The minimum absolute atomic E-state index is 0.0311. The molecule has 0 radical (unpaired) electrons. The van der Waals surface area contributed by atoms with Crippen molar-refractivity contribution in [2.24, 2.45) is 17.8 Å². The lowest BCUT2D eigenvalue weighted by Gasteiger charge is -2.47. The zero-order chi connectivity index (χ0) is 18.3. The molecule has 138 valence electrons. The number of aromatic amines is 1. The number of nitrogens with zero attached hydrogens (tertiary/aromatic N) is 1. The first-order chi connectivity index (χ1) is 12.7. The monoisotopic (exact) mass is 354 g/mol. The summed E-state index contributed by atoms with van der Waals surface area (Å²) in [6.45, 7) is 5.67. The van der Waals surface area contributed by atoms with Gasteiger partial charge in [-0.15, -0.1) is 6.58 Å². The third-order valence-electron chi connectivity index (χ3n) is 6.28. The van der Waals surface area contributed by atoms with Crippen LogP contribution < -0.4 is 0 Å². The van der Waals surface area contributed by atoms with Gasteiger partial charge in [-0.25, -0.2) is 0 Å². The summed E-state index contributed by atoms with van der Waals surface area (Å²) >= 11 is 0. The Kier molecular flexibility index (Phi) is 4.59. The summed E-state index contributed by atoms with van der Waals surface area (Å²) in [6, 6.07) is 8.68. The zero-order valence-electron chi connectivity index (χ0n) is 15.1. The number of hydrogen-bond acceptors (Lipinski definition) is 4. The summed E-state index contributed by atoms with van der Waals surface area (Å²) in [5, 5.41) is 11.1. The van der Waals surface area contributed by atoms with Gasteiger partial charge in [-0.1, -0.05) is 24.3 Å². The van der Waals surface area contributed by atoms with Crippen LogP contribution in [0.25, 0.3) is 10.9 Å². The Bertz CT molecular complexity index is 828. The van der Waals surface area contributed by atoms with E-state index in [4.69, 9.17) is 4.74 Å². The number of rotatable bonds is 4. The van der Waals surface area contributed by atoms with Crippen LogP contribution in [-0.4, -0.2) is 47.8 Å². The summed E-state index contributed by atoms with van der Waals surface area (Å²) in [5.74, 6) is -0.623. The van der Waals surface area contributed by atoms with Crippen LogP contribution in [0.4, 0.5) is 0 Å². The fraction of sp³-hybridized carbons (Fsp3) is 0.476. The highest BCUT2D eigenvalue weighted by Crippen LogP contribution is 2.45. The molecule has 26 heavy (non-hydrogen) atoms. The Hall–Kier alpha value is -2.11. The topological polar surface area (TPSA) is 65.6 Å². The molecule has 0 saturated carbocycles. The van der Waals surface area contributed by atoms with Gasteiger partial charge in [0.25, 0.3) is 0 Å². The second kappa shape index (κ2) is 6.89. The first kappa shape index (κ1) is 17.3. The number of piperidine rings is 1. The maximum Gasteiger partial charge on any atom is 0.311 e. The van der Waals surface area contributed by atoms with Crippen LogP contribution in [0.5, 0.6) is 0 Å². The van der Waals surface area contributed by atoms with Gasteiger partial charge in [0, 0.05) is 29.7 Å². The number of aromatic nitrogens is 1. The van der Waals surface area contributed by atoms with Crippen molar-refractivity contribution in [3.05, 3.63) is 48.2 Å². The molecule has 1 fully saturated rings. The summed E-state index contributed by atoms with van der Waals surface area (Å²) in [7, 11) is 1.39. The summed E-state index contributed by atoms with van der Waals surface area (Å²) in [4.78, 5) is 18.3. The molecule has 1 aromatic carbocycles. The van der Waals surface area contributed by atoms with E-state index >= 15 is 0 Å². The number of hydrogen-bond donors (Lipinski definition) is 2. The molecule has 1 aromatic heterocycles. The van der Waals surface area contributed by atoms with E-state index < -0.39 is 5.92 Å². The summed E-state index contributed by atoms with van der Waals surface area (Å²) < 4.78 is 4.95. The SMILES string of the molecule is C=CC1CN2CCc3c([nH]c4ccccc34)[C@@H]2C[C@@H]1[C@H](CO)C(=O)OC. The molecule has 0 bridgehead atoms. The minimum Gasteiger partial charge on any atom is -0.469 e. The van der Waals surface area contributed by atoms with E-state index in [1.807, 2.05) is 6.08 Å². The predicted octanol–water partition coefficient (Wildman–Crippen LogP) is 2.67. The van der Waals surface area contributed by atoms with E-state index in [1.54, 1.807) is 0 Å². The lowest BCUT2D eigenvalue weighted by atomic mass is 9.72. The van der Waals surface area contributed by atoms with Gasteiger partial charge in [-0.05, 0) is 36.3 Å². The van der Waals surface area contributed by atoms with Gasteiger partial charge in [0.1, 0.15) is 0 Å². The molecule has 5 heteroatoms. The molecule has 4 rings (SSSR count). The van der Waals surface area contributed by atoms with Crippen molar-refractivity contribution < 1.29 is 14.6 Å². The van der Waals surface area contributed by atoms with E-state index in [9.17, 15) is 9.90 Å². The van der Waals surface area contributed by atoms with Crippen LogP contribution >= 0.6 is 0 Å². The molecule has 0 spiro atoms. The number of aliphatic hydroxyl groups is 1. The van der Waals surface area contributed by atoms with E-state index in [0.717, 1.165) is 25.9 Å². The normalized spacial score (nSPS) is 26.8. The van der Waals surface area contributed by atoms with Gasteiger partial charge in [-0.2, -0.15) is 0 Å². The number of H-pyrrole nitrogens is 1. The van der Waals surface area contributed by atoms with Crippen molar-refractivity contribution in [1.29, 1.82) is 0 Å². The van der Waals surface area contributed by atoms with E-state index in [1.165, 1.54) is 29.3 Å². The van der Waals surface area contributed by atoms with Gasteiger partial charge in [0.05, 0.1) is 25.7 Å². The maximum atomic E-state index is 12.2. The van der Waals surface area contributed by atoms with E-state index in [2.05, 4.69) is 40.7 Å². The highest BCUT2D eigenvalue weighted by molar-refractivity contribution is 5.85. The van der Waals surface area contributed by atoms with Crippen molar-refractivity contribution in [3.8, 4) is 0 Å². The lowest BCUT2D eigenvalue weighted by Crippen LogP contribution is -2.48. The molecule has 1 unspecified atom stereocenters.